The normalized spacial score (nSPS) is 10.7. The molecule has 1 heterocycles. The van der Waals surface area contributed by atoms with E-state index in [2.05, 4.69) is 10.3 Å². The van der Waals surface area contributed by atoms with Gasteiger partial charge < -0.3 is 15.0 Å². The van der Waals surface area contributed by atoms with Crippen LogP contribution in [0.2, 0.25) is 0 Å². The van der Waals surface area contributed by atoms with Crippen molar-refractivity contribution in [1.82, 2.24) is 10.3 Å². The fourth-order valence-electron chi connectivity index (χ4n) is 3.44. The zero-order chi connectivity index (χ0) is 21.6. The molecule has 0 atom stereocenters. The molecule has 6 heteroatoms. The van der Waals surface area contributed by atoms with E-state index in [0.717, 1.165) is 11.1 Å². The van der Waals surface area contributed by atoms with E-state index in [0.29, 0.717) is 10.9 Å². The number of hydrogen-bond donors (Lipinski definition) is 2. The number of fused-ring (bicyclic) bond motifs is 1. The van der Waals surface area contributed by atoms with Crippen molar-refractivity contribution in [3.63, 3.8) is 0 Å². The van der Waals surface area contributed by atoms with Crippen LogP contribution in [0.15, 0.2) is 95.8 Å². The van der Waals surface area contributed by atoms with Crippen LogP contribution in [-0.4, -0.2) is 23.5 Å². The van der Waals surface area contributed by atoms with Crippen molar-refractivity contribution in [2.75, 3.05) is 6.61 Å². The maximum Gasteiger partial charge on any atom is 0.339 e. The first kappa shape index (κ1) is 20.1. The van der Waals surface area contributed by atoms with Crippen LogP contribution in [0.25, 0.3) is 10.9 Å². The molecule has 0 saturated carbocycles. The largest absolute Gasteiger partial charge is 0.452 e. The van der Waals surface area contributed by atoms with E-state index in [9.17, 15) is 14.4 Å². The molecular weight excluding hydrogens is 392 g/mol. The summed E-state index contributed by atoms with van der Waals surface area (Å²) in [5.41, 5.74) is 2.06. The first-order chi connectivity index (χ1) is 15.1. The minimum Gasteiger partial charge on any atom is -0.452 e. The van der Waals surface area contributed by atoms with Crippen LogP contribution in [0.4, 0.5) is 0 Å². The van der Waals surface area contributed by atoms with E-state index < -0.39 is 24.0 Å². The van der Waals surface area contributed by atoms with Gasteiger partial charge in [0.25, 0.3) is 5.91 Å². The highest BCUT2D eigenvalue weighted by molar-refractivity contribution is 6.03. The molecular formula is C25H20N2O4. The Bertz CT molecular complexity index is 1230. The van der Waals surface area contributed by atoms with Gasteiger partial charge in [-0.05, 0) is 17.2 Å². The number of para-hydroxylation sites is 1. The highest BCUT2D eigenvalue weighted by Crippen LogP contribution is 2.21. The van der Waals surface area contributed by atoms with Crippen molar-refractivity contribution in [3.05, 3.63) is 118 Å². The summed E-state index contributed by atoms with van der Waals surface area (Å²) < 4.78 is 5.22. The summed E-state index contributed by atoms with van der Waals surface area (Å²) in [6, 6.07) is 26.8. The first-order valence-corrected chi connectivity index (χ1v) is 9.80. The zero-order valence-corrected chi connectivity index (χ0v) is 16.6. The van der Waals surface area contributed by atoms with Gasteiger partial charge in [-0.1, -0.05) is 78.9 Å². The van der Waals surface area contributed by atoms with Gasteiger partial charge in [-0.2, -0.15) is 0 Å². The second-order valence-corrected chi connectivity index (χ2v) is 6.99. The average molecular weight is 412 g/mol. The third kappa shape index (κ3) is 4.70. The van der Waals surface area contributed by atoms with Gasteiger partial charge in [-0.25, -0.2) is 4.79 Å². The van der Waals surface area contributed by atoms with E-state index in [-0.39, 0.29) is 11.6 Å². The van der Waals surface area contributed by atoms with Crippen LogP contribution >= 0.6 is 0 Å². The Morgan fingerprint density at radius 1 is 0.839 bits per heavy atom. The molecule has 31 heavy (non-hydrogen) atoms. The maximum atomic E-state index is 12.6. The second kappa shape index (κ2) is 9.09. The van der Waals surface area contributed by atoms with Crippen LogP contribution in [0.3, 0.4) is 0 Å². The topological polar surface area (TPSA) is 88.3 Å². The lowest BCUT2D eigenvalue weighted by atomic mass is 9.99. The number of carbonyl (C=O) groups excluding carboxylic acids is 2. The number of aromatic amines is 1. The van der Waals surface area contributed by atoms with Gasteiger partial charge in [0.1, 0.15) is 0 Å². The fourth-order valence-corrected chi connectivity index (χ4v) is 3.44. The standard InChI is InChI=1S/C25H20N2O4/c28-22-15-20(19-13-7-8-14-21(19)26-22)25(30)31-16-23(29)27-24(17-9-3-1-4-10-17)18-11-5-2-6-12-18/h1-15,24H,16H2,(H,26,28)(H,27,29). The Labute approximate surface area is 178 Å². The predicted octanol–water partition coefficient (Wildman–Crippen LogP) is 3.59. The number of H-pyrrole nitrogens is 1. The Kier molecular flexibility index (Phi) is 5.89. The highest BCUT2D eigenvalue weighted by atomic mass is 16.5. The van der Waals surface area contributed by atoms with E-state index in [4.69, 9.17) is 4.74 Å². The number of rotatable bonds is 6. The Balaban J connectivity index is 1.49. The van der Waals surface area contributed by atoms with Gasteiger partial charge in [0.15, 0.2) is 6.61 Å². The molecule has 0 fully saturated rings. The summed E-state index contributed by atoms with van der Waals surface area (Å²) in [5.74, 6) is -1.17. The van der Waals surface area contributed by atoms with Crippen molar-refractivity contribution in [2.45, 2.75) is 6.04 Å². The third-order valence-corrected chi connectivity index (χ3v) is 4.88. The van der Waals surface area contributed by atoms with Crippen LogP contribution < -0.4 is 10.9 Å². The Hall–Kier alpha value is -4.19. The van der Waals surface area contributed by atoms with Crippen molar-refractivity contribution in [1.29, 1.82) is 0 Å². The molecule has 0 aliphatic carbocycles. The van der Waals surface area contributed by atoms with E-state index in [1.165, 1.54) is 6.07 Å². The van der Waals surface area contributed by atoms with Crippen molar-refractivity contribution >= 4 is 22.8 Å². The summed E-state index contributed by atoms with van der Waals surface area (Å²) in [5, 5.41) is 3.48. The van der Waals surface area contributed by atoms with Gasteiger partial charge >= 0.3 is 5.97 Å². The van der Waals surface area contributed by atoms with Crippen LogP contribution in [0, 0.1) is 0 Å². The van der Waals surface area contributed by atoms with E-state index in [1.54, 1.807) is 24.3 Å². The van der Waals surface area contributed by atoms with Gasteiger partial charge in [-0.15, -0.1) is 0 Å². The molecule has 3 aromatic carbocycles. The molecule has 0 aliphatic heterocycles. The fraction of sp³-hybridized carbons (Fsp3) is 0.0800. The molecule has 6 nitrogen and oxygen atoms in total. The summed E-state index contributed by atoms with van der Waals surface area (Å²) >= 11 is 0. The number of esters is 1. The number of carbonyl (C=O) groups is 2. The number of hydrogen-bond acceptors (Lipinski definition) is 4. The van der Waals surface area contributed by atoms with Crippen molar-refractivity contribution in [2.24, 2.45) is 0 Å². The van der Waals surface area contributed by atoms with Gasteiger partial charge in [0.2, 0.25) is 5.56 Å². The SMILES string of the molecule is O=C(COC(=O)c1cc(=O)[nH]c2ccccc12)NC(c1ccccc1)c1ccccc1. The summed E-state index contributed by atoms with van der Waals surface area (Å²) in [4.78, 5) is 39.7. The van der Waals surface area contributed by atoms with Crippen molar-refractivity contribution in [3.8, 4) is 0 Å². The quantitative estimate of drug-likeness (QED) is 0.474. The number of benzene rings is 3. The minimum absolute atomic E-state index is 0.120. The molecule has 1 aromatic heterocycles. The van der Waals surface area contributed by atoms with E-state index in [1.807, 2.05) is 60.7 Å². The van der Waals surface area contributed by atoms with E-state index >= 15 is 0 Å². The number of nitrogens with one attached hydrogen (secondary N) is 2. The average Bonchev–Trinajstić information content (AvgIpc) is 2.81. The molecule has 154 valence electrons. The monoisotopic (exact) mass is 412 g/mol. The number of aromatic nitrogens is 1. The molecule has 1 amide bonds. The number of amides is 1. The second-order valence-electron chi connectivity index (χ2n) is 6.99. The predicted molar refractivity (Wildman–Crippen MR) is 118 cm³/mol. The molecule has 2 N–H and O–H groups in total. The smallest absolute Gasteiger partial charge is 0.339 e. The molecule has 0 bridgehead atoms. The molecule has 0 unspecified atom stereocenters. The number of pyridine rings is 1. The zero-order valence-electron chi connectivity index (χ0n) is 16.6. The molecule has 4 rings (SSSR count). The molecule has 0 aliphatic rings. The molecule has 0 radical (unpaired) electrons. The Morgan fingerprint density at radius 3 is 2.06 bits per heavy atom. The van der Waals surface area contributed by atoms with Crippen LogP contribution in [0.5, 0.6) is 0 Å². The van der Waals surface area contributed by atoms with Gasteiger partial charge in [0, 0.05) is 17.0 Å². The van der Waals surface area contributed by atoms with Gasteiger partial charge in [-0.3, -0.25) is 9.59 Å². The summed E-state index contributed by atoms with van der Waals surface area (Å²) in [6.45, 7) is -0.462. The third-order valence-electron chi connectivity index (χ3n) is 4.88. The lowest BCUT2D eigenvalue weighted by Gasteiger charge is -2.20. The summed E-state index contributed by atoms with van der Waals surface area (Å²) in [6.07, 6.45) is 0. The lowest BCUT2D eigenvalue weighted by molar-refractivity contribution is -0.124. The number of ether oxygens (including phenoxy) is 1. The molecule has 0 saturated heterocycles. The highest BCUT2D eigenvalue weighted by Gasteiger charge is 2.19. The lowest BCUT2D eigenvalue weighted by Crippen LogP contribution is -2.33. The van der Waals surface area contributed by atoms with Crippen LogP contribution in [-0.2, 0) is 9.53 Å². The molecule has 0 spiro atoms. The summed E-state index contributed by atoms with van der Waals surface area (Å²) in [7, 11) is 0. The van der Waals surface area contributed by atoms with Gasteiger partial charge in [0.05, 0.1) is 11.6 Å². The maximum absolute atomic E-state index is 12.6. The first-order valence-electron chi connectivity index (χ1n) is 9.80. The van der Waals surface area contributed by atoms with Crippen LogP contribution in [0.1, 0.15) is 27.5 Å². The van der Waals surface area contributed by atoms with Crippen molar-refractivity contribution < 1.29 is 14.3 Å². The minimum atomic E-state index is -0.728. The Morgan fingerprint density at radius 2 is 1.42 bits per heavy atom. The molecule has 4 aromatic rings.